The van der Waals surface area contributed by atoms with E-state index in [9.17, 15) is 14.9 Å². The van der Waals surface area contributed by atoms with Gasteiger partial charge in [-0.3, -0.25) is 4.79 Å². The predicted octanol–water partition coefficient (Wildman–Crippen LogP) is 5.91. The standard InChI is InChI=1S/C28H29Cl2N3O3/c1-18(2)14-28(15-23(29)25(26(30)22(28)16-31)21-7-5-4-6-8-21)33-27(35)32-17-20-11-9-19(10-12-20)13-24(34)36-3/h4-12,15,18,22H,13-14,17H2,1-3H3,(H2,32,33,35). The normalized spacial score (nSPS) is 19.4. The van der Waals surface area contributed by atoms with E-state index in [1.165, 1.54) is 7.11 Å². The molecule has 2 aromatic carbocycles. The minimum atomic E-state index is -1.08. The molecule has 0 saturated carbocycles. The number of nitrogens with zero attached hydrogens (tertiary/aromatic N) is 1. The number of urea groups is 1. The maximum atomic E-state index is 13.0. The molecule has 0 fully saturated rings. The highest BCUT2D eigenvalue weighted by Gasteiger charge is 2.45. The average molecular weight is 526 g/mol. The summed E-state index contributed by atoms with van der Waals surface area (Å²) in [5, 5.41) is 16.7. The van der Waals surface area contributed by atoms with Gasteiger partial charge in [-0.15, -0.1) is 0 Å². The van der Waals surface area contributed by atoms with Crippen LogP contribution in [0.1, 0.15) is 37.0 Å². The number of nitrogens with one attached hydrogen (secondary N) is 2. The van der Waals surface area contributed by atoms with E-state index in [2.05, 4.69) is 21.4 Å². The Balaban J connectivity index is 1.80. The molecule has 0 aliphatic heterocycles. The summed E-state index contributed by atoms with van der Waals surface area (Å²) in [5.74, 6) is -0.986. The topological polar surface area (TPSA) is 91.2 Å². The van der Waals surface area contributed by atoms with E-state index < -0.39 is 17.5 Å². The fourth-order valence-corrected chi connectivity index (χ4v) is 5.29. The van der Waals surface area contributed by atoms with Gasteiger partial charge in [0.15, 0.2) is 0 Å². The number of benzene rings is 2. The van der Waals surface area contributed by atoms with E-state index in [0.29, 0.717) is 22.1 Å². The van der Waals surface area contributed by atoms with E-state index in [1.54, 1.807) is 6.08 Å². The first-order chi connectivity index (χ1) is 17.2. The first-order valence-corrected chi connectivity index (χ1v) is 12.4. The zero-order valence-corrected chi connectivity index (χ0v) is 22.0. The number of hydrogen-bond donors (Lipinski definition) is 2. The number of ether oxygens (including phenoxy) is 1. The molecule has 0 bridgehead atoms. The number of rotatable bonds is 8. The number of methoxy groups -OCH3 is 1. The van der Waals surface area contributed by atoms with Crippen molar-refractivity contribution in [2.24, 2.45) is 11.8 Å². The van der Waals surface area contributed by atoms with Gasteiger partial charge in [-0.05, 0) is 35.1 Å². The van der Waals surface area contributed by atoms with Crippen LogP contribution in [0, 0.1) is 23.2 Å². The fourth-order valence-electron chi connectivity index (χ4n) is 4.38. The smallest absolute Gasteiger partial charge is 0.315 e. The number of allylic oxidation sites excluding steroid dienone is 2. The van der Waals surface area contributed by atoms with Crippen molar-refractivity contribution in [1.82, 2.24) is 10.6 Å². The molecular weight excluding hydrogens is 497 g/mol. The van der Waals surface area contributed by atoms with Gasteiger partial charge in [0.1, 0.15) is 5.92 Å². The van der Waals surface area contributed by atoms with E-state index in [4.69, 9.17) is 23.2 Å². The van der Waals surface area contributed by atoms with E-state index in [-0.39, 0.29) is 24.9 Å². The van der Waals surface area contributed by atoms with E-state index >= 15 is 0 Å². The Morgan fingerprint density at radius 1 is 1.08 bits per heavy atom. The molecule has 0 radical (unpaired) electrons. The molecule has 0 aromatic heterocycles. The summed E-state index contributed by atoms with van der Waals surface area (Å²) in [6.45, 7) is 4.28. The van der Waals surface area contributed by atoms with Gasteiger partial charge in [0, 0.05) is 22.2 Å². The summed E-state index contributed by atoms with van der Waals surface area (Å²) >= 11 is 13.5. The lowest BCUT2D eigenvalue weighted by molar-refractivity contribution is -0.139. The molecule has 2 unspecified atom stereocenters. The highest BCUT2D eigenvalue weighted by Crippen LogP contribution is 2.46. The van der Waals surface area contributed by atoms with Crippen LogP contribution in [0.5, 0.6) is 0 Å². The molecule has 8 heteroatoms. The molecule has 1 aliphatic rings. The lowest BCUT2D eigenvalue weighted by Crippen LogP contribution is -2.56. The maximum absolute atomic E-state index is 13.0. The summed E-state index contributed by atoms with van der Waals surface area (Å²) in [6.07, 6.45) is 2.40. The van der Waals surface area contributed by atoms with Gasteiger partial charge in [0.2, 0.25) is 0 Å². The SMILES string of the molecule is COC(=O)Cc1ccc(CNC(=O)NC2(CC(C)C)C=C(Cl)C(c3ccccc3)=C(Cl)C2C#N)cc1. The Bertz CT molecular complexity index is 1200. The van der Waals surface area contributed by atoms with Crippen molar-refractivity contribution in [2.45, 2.75) is 38.8 Å². The second kappa shape index (κ2) is 12.1. The minimum Gasteiger partial charge on any atom is -0.469 e. The first-order valence-electron chi connectivity index (χ1n) is 11.6. The number of amides is 2. The van der Waals surface area contributed by atoms with Gasteiger partial charge < -0.3 is 15.4 Å². The van der Waals surface area contributed by atoms with Crippen LogP contribution in [-0.4, -0.2) is 24.6 Å². The zero-order valence-electron chi connectivity index (χ0n) is 20.5. The van der Waals surface area contributed by atoms with Crippen molar-refractivity contribution in [3.8, 4) is 6.07 Å². The average Bonchev–Trinajstić information content (AvgIpc) is 2.83. The van der Waals surface area contributed by atoms with Gasteiger partial charge in [-0.2, -0.15) is 5.26 Å². The molecule has 0 spiro atoms. The van der Waals surface area contributed by atoms with Crippen molar-refractivity contribution in [3.63, 3.8) is 0 Å². The minimum absolute atomic E-state index is 0.145. The number of carbonyl (C=O) groups is 2. The molecule has 0 heterocycles. The monoisotopic (exact) mass is 525 g/mol. The molecule has 2 N–H and O–H groups in total. The van der Waals surface area contributed by atoms with Crippen LogP contribution in [0.2, 0.25) is 0 Å². The lowest BCUT2D eigenvalue weighted by Gasteiger charge is -2.40. The Hall–Kier alpha value is -3.27. The number of nitriles is 1. The Labute approximate surface area is 221 Å². The molecule has 3 rings (SSSR count). The third-order valence-electron chi connectivity index (χ3n) is 5.97. The van der Waals surface area contributed by atoms with E-state index in [1.807, 2.05) is 68.4 Å². The van der Waals surface area contributed by atoms with Crippen molar-refractivity contribution in [3.05, 3.63) is 87.4 Å². The van der Waals surface area contributed by atoms with Crippen LogP contribution in [-0.2, 0) is 22.5 Å². The maximum Gasteiger partial charge on any atom is 0.315 e. The van der Waals surface area contributed by atoms with Gasteiger partial charge in [0.05, 0.1) is 25.1 Å². The molecule has 2 aromatic rings. The number of esters is 1. The van der Waals surface area contributed by atoms with Crippen LogP contribution in [0.25, 0.3) is 5.57 Å². The molecule has 1 aliphatic carbocycles. The molecule has 36 heavy (non-hydrogen) atoms. The van der Waals surface area contributed by atoms with Crippen molar-refractivity contribution in [1.29, 1.82) is 5.26 Å². The summed E-state index contributed by atoms with van der Waals surface area (Å²) < 4.78 is 4.68. The quantitative estimate of drug-likeness (QED) is 0.419. The van der Waals surface area contributed by atoms with Crippen LogP contribution < -0.4 is 10.6 Å². The van der Waals surface area contributed by atoms with Crippen LogP contribution >= 0.6 is 23.2 Å². The lowest BCUT2D eigenvalue weighted by atomic mass is 9.73. The van der Waals surface area contributed by atoms with Gasteiger partial charge in [-0.1, -0.05) is 91.6 Å². The second-order valence-corrected chi connectivity index (χ2v) is 9.97. The van der Waals surface area contributed by atoms with Crippen LogP contribution in [0.3, 0.4) is 0 Å². The Morgan fingerprint density at radius 3 is 2.31 bits per heavy atom. The number of hydrogen-bond acceptors (Lipinski definition) is 4. The van der Waals surface area contributed by atoms with Crippen LogP contribution in [0.15, 0.2) is 70.7 Å². The van der Waals surface area contributed by atoms with Crippen molar-refractivity contribution in [2.75, 3.05) is 7.11 Å². The summed E-state index contributed by atoms with van der Waals surface area (Å²) in [6, 6.07) is 18.6. The fraction of sp³-hybridized carbons (Fsp3) is 0.321. The highest BCUT2D eigenvalue weighted by molar-refractivity contribution is 6.43. The third-order valence-corrected chi connectivity index (χ3v) is 6.67. The third kappa shape index (κ3) is 6.48. The number of carbonyl (C=O) groups excluding carboxylic acids is 2. The summed E-state index contributed by atoms with van der Waals surface area (Å²) in [7, 11) is 1.35. The summed E-state index contributed by atoms with van der Waals surface area (Å²) in [5.41, 5.74) is 2.00. The Kier molecular flexibility index (Phi) is 9.19. The molecule has 2 atom stereocenters. The summed E-state index contributed by atoms with van der Waals surface area (Å²) in [4.78, 5) is 24.5. The van der Waals surface area contributed by atoms with Gasteiger partial charge in [0.25, 0.3) is 0 Å². The molecular formula is C28H29Cl2N3O3. The molecule has 0 saturated heterocycles. The van der Waals surface area contributed by atoms with Crippen molar-refractivity contribution >= 4 is 40.8 Å². The zero-order chi connectivity index (χ0) is 26.3. The Morgan fingerprint density at radius 2 is 1.72 bits per heavy atom. The van der Waals surface area contributed by atoms with Gasteiger partial charge >= 0.3 is 12.0 Å². The molecule has 6 nitrogen and oxygen atoms in total. The van der Waals surface area contributed by atoms with Gasteiger partial charge in [-0.25, -0.2) is 4.79 Å². The van der Waals surface area contributed by atoms with E-state index in [0.717, 1.165) is 16.7 Å². The predicted molar refractivity (Wildman–Crippen MR) is 142 cm³/mol. The van der Waals surface area contributed by atoms with Crippen LogP contribution in [0.4, 0.5) is 4.79 Å². The largest absolute Gasteiger partial charge is 0.469 e. The molecule has 2 amide bonds. The number of halogens is 2. The van der Waals surface area contributed by atoms with Crippen molar-refractivity contribution < 1.29 is 14.3 Å². The first kappa shape index (κ1) is 27.3. The second-order valence-electron chi connectivity index (χ2n) is 9.16. The highest BCUT2D eigenvalue weighted by atomic mass is 35.5. The molecule has 188 valence electrons.